The molecule has 0 unspecified atom stereocenters. The molecule has 0 spiro atoms. The van der Waals surface area contributed by atoms with Crippen molar-refractivity contribution in [3.8, 4) is 5.75 Å². The van der Waals surface area contributed by atoms with Crippen molar-refractivity contribution < 1.29 is 18.7 Å². The van der Waals surface area contributed by atoms with Gasteiger partial charge in [-0.25, -0.2) is 4.39 Å². The van der Waals surface area contributed by atoms with E-state index in [2.05, 4.69) is 10.2 Å². The Morgan fingerprint density at radius 1 is 1.11 bits per heavy atom. The Morgan fingerprint density at radius 3 is 2.41 bits per heavy atom. The number of primary amides is 1. The molecule has 3 rings (SSSR count). The molecule has 2 aromatic carbocycles. The molecule has 2 aromatic rings. The van der Waals surface area contributed by atoms with Crippen LogP contribution in [0.1, 0.15) is 12.8 Å². The summed E-state index contributed by atoms with van der Waals surface area (Å²) in [6.45, 7) is 1.27. The summed E-state index contributed by atoms with van der Waals surface area (Å²) in [6.07, 6.45) is 1.50. The lowest BCUT2D eigenvalue weighted by Crippen LogP contribution is -2.38. The predicted molar refractivity (Wildman–Crippen MR) is 101 cm³/mol. The summed E-state index contributed by atoms with van der Waals surface area (Å²) in [5.74, 6) is -1.11. The number of carbonyl (C=O) groups is 2. The van der Waals surface area contributed by atoms with Crippen LogP contribution in [0.4, 0.5) is 15.8 Å². The Balaban J connectivity index is 1.49. The van der Waals surface area contributed by atoms with Crippen LogP contribution in [0.15, 0.2) is 48.5 Å². The van der Waals surface area contributed by atoms with Crippen LogP contribution in [0.2, 0.25) is 0 Å². The van der Waals surface area contributed by atoms with Gasteiger partial charge in [0.2, 0.25) is 5.91 Å². The first-order valence-electron chi connectivity index (χ1n) is 8.84. The first-order valence-corrected chi connectivity index (χ1v) is 8.84. The Hall–Kier alpha value is -3.09. The number of amides is 2. The van der Waals surface area contributed by atoms with Gasteiger partial charge in [-0.05, 0) is 49.2 Å². The third kappa shape index (κ3) is 4.97. The molecule has 1 fully saturated rings. The fraction of sp³-hybridized carbons (Fsp3) is 0.300. The van der Waals surface area contributed by atoms with Gasteiger partial charge >= 0.3 is 0 Å². The second kappa shape index (κ2) is 8.53. The lowest BCUT2D eigenvalue weighted by molar-refractivity contribution is -0.122. The highest BCUT2D eigenvalue weighted by Crippen LogP contribution is 2.24. The monoisotopic (exact) mass is 371 g/mol. The van der Waals surface area contributed by atoms with Crippen molar-refractivity contribution in [2.24, 2.45) is 11.7 Å². The summed E-state index contributed by atoms with van der Waals surface area (Å²) >= 11 is 0. The Kier molecular flexibility index (Phi) is 5.90. The van der Waals surface area contributed by atoms with Gasteiger partial charge in [0.05, 0.1) is 0 Å². The van der Waals surface area contributed by atoms with E-state index >= 15 is 0 Å². The zero-order valence-electron chi connectivity index (χ0n) is 14.9. The maximum atomic E-state index is 13.5. The Bertz CT molecular complexity index is 802. The summed E-state index contributed by atoms with van der Waals surface area (Å²) in [6, 6.07) is 13.4. The smallest absolute Gasteiger partial charge is 0.262 e. The first-order chi connectivity index (χ1) is 13.0. The molecule has 1 saturated heterocycles. The molecule has 0 saturated carbocycles. The third-order valence-electron chi connectivity index (χ3n) is 4.61. The van der Waals surface area contributed by atoms with E-state index in [0.29, 0.717) is 5.69 Å². The molecule has 0 bridgehead atoms. The maximum Gasteiger partial charge on any atom is 0.262 e. The number of anilines is 2. The molecular weight excluding hydrogens is 349 g/mol. The number of piperidine rings is 1. The Morgan fingerprint density at radius 2 is 1.78 bits per heavy atom. The molecule has 6 nitrogen and oxygen atoms in total. The molecular formula is C20H22FN3O3. The molecule has 27 heavy (non-hydrogen) atoms. The van der Waals surface area contributed by atoms with Crippen molar-refractivity contribution in [3.05, 3.63) is 54.3 Å². The molecule has 1 aliphatic heterocycles. The van der Waals surface area contributed by atoms with Gasteiger partial charge in [0.1, 0.15) is 0 Å². The molecule has 0 aromatic heterocycles. The minimum absolute atomic E-state index is 0.0439. The van der Waals surface area contributed by atoms with Crippen molar-refractivity contribution in [1.82, 2.24) is 0 Å². The van der Waals surface area contributed by atoms with E-state index in [0.717, 1.165) is 31.6 Å². The number of nitrogens with one attached hydrogen (secondary N) is 1. The van der Waals surface area contributed by atoms with Gasteiger partial charge in [-0.2, -0.15) is 0 Å². The van der Waals surface area contributed by atoms with Gasteiger partial charge in [0.25, 0.3) is 5.91 Å². The molecule has 0 atom stereocenters. The van der Waals surface area contributed by atoms with E-state index in [1.807, 2.05) is 12.1 Å². The van der Waals surface area contributed by atoms with Gasteiger partial charge < -0.3 is 20.7 Å². The second-order valence-electron chi connectivity index (χ2n) is 6.48. The highest BCUT2D eigenvalue weighted by atomic mass is 19.1. The Labute approximate surface area is 157 Å². The van der Waals surface area contributed by atoms with Crippen LogP contribution in [-0.2, 0) is 9.59 Å². The third-order valence-corrected chi connectivity index (χ3v) is 4.61. The molecule has 1 heterocycles. The van der Waals surface area contributed by atoms with Crippen molar-refractivity contribution in [2.45, 2.75) is 12.8 Å². The van der Waals surface area contributed by atoms with Crippen LogP contribution in [0.25, 0.3) is 0 Å². The van der Waals surface area contributed by atoms with Crippen molar-refractivity contribution in [1.29, 1.82) is 0 Å². The number of rotatable bonds is 6. The number of nitrogens with two attached hydrogens (primary N) is 1. The number of hydrogen-bond donors (Lipinski definition) is 2. The van der Waals surface area contributed by atoms with Gasteiger partial charge in [-0.3, -0.25) is 9.59 Å². The van der Waals surface area contributed by atoms with E-state index in [1.165, 1.54) is 12.1 Å². The van der Waals surface area contributed by atoms with E-state index in [-0.39, 0.29) is 30.1 Å². The number of para-hydroxylation sites is 1. The maximum absolute atomic E-state index is 13.5. The van der Waals surface area contributed by atoms with Gasteiger partial charge in [0.15, 0.2) is 18.2 Å². The average Bonchev–Trinajstić information content (AvgIpc) is 2.68. The SMILES string of the molecule is NC(=O)C1CCN(c2ccc(NC(=O)COc3ccccc3F)cc2)CC1. The standard InChI is InChI=1S/C20H22FN3O3/c21-17-3-1-2-4-18(17)27-13-19(25)23-15-5-7-16(8-6-15)24-11-9-14(10-12-24)20(22)26/h1-8,14H,9-13H2,(H2,22,26)(H,23,25). The van der Waals surface area contributed by atoms with Crippen LogP contribution in [0, 0.1) is 11.7 Å². The van der Waals surface area contributed by atoms with E-state index in [4.69, 9.17) is 10.5 Å². The summed E-state index contributed by atoms with van der Waals surface area (Å²) in [5, 5.41) is 2.72. The average molecular weight is 371 g/mol. The van der Waals surface area contributed by atoms with Crippen LogP contribution >= 0.6 is 0 Å². The van der Waals surface area contributed by atoms with Crippen LogP contribution in [-0.4, -0.2) is 31.5 Å². The number of benzene rings is 2. The van der Waals surface area contributed by atoms with Crippen molar-refractivity contribution in [2.75, 3.05) is 29.9 Å². The fourth-order valence-electron chi connectivity index (χ4n) is 3.08. The normalized spacial score (nSPS) is 14.6. The number of ether oxygens (including phenoxy) is 1. The minimum atomic E-state index is -0.505. The van der Waals surface area contributed by atoms with E-state index in [9.17, 15) is 14.0 Å². The largest absolute Gasteiger partial charge is 0.481 e. The van der Waals surface area contributed by atoms with Crippen LogP contribution < -0.4 is 20.7 Å². The summed E-state index contributed by atoms with van der Waals surface area (Å²) < 4.78 is 18.7. The minimum Gasteiger partial charge on any atom is -0.481 e. The van der Waals surface area contributed by atoms with Crippen LogP contribution in [0.3, 0.4) is 0 Å². The number of hydrogen-bond acceptors (Lipinski definition) is 4. The first kappa shape index (κ1) is 18.7. The molecule has 7 heteroatoms. The zero-order chi connectivity index (χ0) is 19.2. The van der Waals surface area contributed by atoms with Crippen molar-refractivity contribution in [3.63, 3.8) is 0 Å². The molecule has 0 radical (unpaired) electrons. The van der Waals surface area contributed by atoms with E-state index in [1.54, 1.807) is 24.3 Å². The molecule has 1 aliphatic rings. The molecule has 3 N–H and O–H groups in total. The quantitative estimate of drug-likeness (QED) is 0.817. The lowest BCUT2D eigenvalue weighted by Gasteiger charge is -2.32. The van der Waals surface area contributed by atoms with E-state index < -0.39 is 5.82 Å². The van der Waals surface area contributed by atoms with Crippen molar-refractivity contribution >= 4 is 23.2 Å². The second-order valence-corrected chi connectivity index (χ2v) is 6.48. The molecule has 142 valence electrons. The number of halogens is 1. The lowest BCUT2D eigenvalue weighted by atomic mass is 9.96. The topological polar surface area (TPSA) is 84.7 Å². The summed E-state index contributed by atoms with van der Waals surface area (Å²) in [5.41, 5.74) is 7.02. The summed E-state index contributed by atoms with van der Waals surface area (Å²) in [7, 11) is 0. The zero-order valence-corrected chi connectivity index (χ0v) is 14.9. The van der Waals surface area contributed by atoms with Crippen LogP contribution in [0.5, 0.6) is 5.75 Å². The number of nitrogens with zero attached hydrogens (tertiary/aromatic N) is 1. The highest BCUT2D eigenvalue weighted by molar-refractivity contribution is 5.92. The highest BCUT2D eigenvalue weighted by Gasteiger charge is 2.23. The molecule has 2 amide bonds. The number of carbonyl (C=O) groups excluding carboxylic acids is 2. The fourth-order valence-corrected chi connectivity index (χ4v) is 3.08. The predicted octanol–water partition coefficient (Wildman–Crippen LogP) is 2.54. The summed E-state index contributed by atoms with van der Waals surface area (Å²) in [4.78, 5) is 25.4. The van der Waals surface area contributed by atoms with Gasteiger partial charge in [0, 0.05) is 30.4 Å². The van der Waals surface area contributed by atoms with Gasteiger partial charge in [-0.1, -0.05) is 12.1 Å². The molecule has 0 aliphatic carbocycles. The van der Waals surface area contributed by atoms with Gasteiger partial charge in [-0.15, -0.1) is 0 Å².